The molecule has 1 saturated heterocycles. The van der Waals surface area contributed by atoms with E-state index >= 15 is 0 Å². The van der Waals surface area contributed by atoms with Gasteiger partial charge in [0.05, 0.1) is 11.6 Å². The maximum atomic E-state index is 4.52. The highest BCUT2D eigenvalue weighted by Gasteiger charge is 2.35. The summed E-state index contributed by atoms with van der Waals surface area (Å²) in [5, 5.41) is 15.1. The summed E-state index contributed by atoms with van der Waals surface area (Å²) >= 11 is 1.78. The fourth-order valence-corrected chi connectivity index (χ4v) is 5.75. The van der Waals surface area contributed by atoms with Crippen LogP contribution in [-0.2, 0) is 5.54 Å². The summed E-state index contributed by atoms with van der Waals surface area (Å²) in [4.78, 5) is 6.44. The molecule has 34 heavy (non-hydrogen) atoms. The Morgan fingerprint density at radius 3 is 1.79 bits per heavy atom. The number of aromatic nitrogens is 4. The van der Waals surface area contributed by atoms with E-state index in [9.17, 15) is 0 Å². The highest BCUT2D eigenvalue weighted by molar-refractivity contribution is 7.10. The zero-order chi connectivity index (χ0) is 23.5. The fourth-order valence-electron chi connectivity index (χ4n) is 4.90. The lowest BCUT2D eigenvalue weighted by molar-refractivity contribution is 0.0853. The lowest BCUT2D eigenvalue weighted by Gasteiger charge is -2.42. The largest absolute Gasteiger partial charge is 0.290 e. The SMILES string of the molecule is CC(C)(C)n1nnnc1[C@@H](c1cccs1)N1CCN(C(c2ccccc2)c2ccccc2)CC1. The molecule has 1 fully saturated rings. The first-order valence-corrected chi connectivity index (χ1v) is 12.8. The van der Waals surface area contributed by atoms with Crippen LogP contribution in [0.4, 0.5) is 0 Å². The second kappa shape index (κ2) is 9.78. The minimum Gasteiger partial charge on any atom is -0.290 e. The van der Waals surface area contributed by atoms with Crippen molar-refractivity contribution < 1.29 is 0 Å². The second-order valence-corrected chi connectivity index (χ2v) is 10.8. The van der Waals surface area contributed by atoms with Crippen LogP contribution in [0.3, 0.4) is 0 Å². The van der Waals surface area contributed by atoms with Crippen LogP contribution in [0.15, 0.2) is 78.2 Å². The minimum atomic E-state index is -0.179. The number of thiophene rings is 1. The third-order valence-corrected chi connectivity index (χ3v) is 7.42. The van der Waals surface area contributed by atoms with Crippen LogP contribution in [-0.4, -0.2) is 56.2 Å². The van der Waals surface area contributed by atoms with E-state index in [0.717, 1.165) is 32.0 Å². The summed E-state index contributed by atoms with van der Waals surface area (Å²) in [7, 11) is 0. The van der Waals surface area contributed by atoms with Gasteiger partial charge in [-0.2, -0.15) is 0 Å². The van der Waals surface area contributed by atoms with Gasteiger partial charge in [-0.15, -0.1) is 16.4 Å². The topological polar surface area (TPSA) is 50.1 Å². The number of piperazine rings is 1. The van der Waals surface area contributed by atoms with E-state index in [4.69, 9.17) is 0 Å². The quantitative estimate of drug-likeness (QED) is 0.396. The molecule has 0 radical (unpaired) electrons. The Hall–Kier alpha value is -2.87. The van der Waals surface area contributed by atoms with Crippen molar-refractivity contribution in [3.63, 3.8) is 0 Å². The number of hydrogen-bond acceptors (Lipinski definition) is 6. The summed E-state index contributed by atoms with van der Waals surface area (Å²) in [6, 6.07) is 26.4. The Kier molecular flexibility index (Phi) is 6.59. The summed E-state index contributed by atoms with van der Waals surface area (Å²) in [6.07, 6.45) is 0. The molecule has 1 aliphatic rings. The highest BCUT2D eigenvalue weighted by Crippen LogP contribution is 2.35. The monoisotopic (exact) mass is 472 g/mol. The summed E-state index contributed by atoms with van der Waals surface area (Å²) in [5.41, 5.74) is 2.50. The predicted octanol–water partition coefficient (Wildman–Crippen LogP) is 4.99. The van der Waals surface area contributed by atoms with Gasteiger partial charge in [0.25, 0.3) is 0 Å². The number of tetrazole rings is 1. The third kappa shape index (κ3) is 4.69. The normalized spacial score (nSPS) is 16.7. The van der Waals surface area contributed by atoms with Gasteiger partial charge >= 0.3 is 0 Å². The molecular formula is C27H32N6S. The van der Waals surface area contributed by atoms with Gasteiger partial charge in [0.15, 0.2) is 5.82 Å². The molecule has 0 aliphatic carbocycles. The van der Waals surface area contributed by atoms with Gasteiger partial charge in [-0.1, -0.05) is 66.7 Å². The van der Waals surface area contributed by atoms with Crippen LogP contribution >= 0.6 is 11.3 Å². The summed E-state index contributed by atoms with van der Waals surface area (Å²) in [6.45, 7) is 10.3. The molecule has 0 saturated carbocycles. The standard InChI is InChI=1S/C27H32N6S/c1-27(2,3)33-26(28-29-30-33)25(23-15-10-20-34-23)32-18-16-31(17-19-32)24(21-11-6-4-7-12-21)22-13-8-5-9-14-22/h4-15,20,24-25H,16-19H2,1-3H3/t25-/m1/s1. The van der Waals surface area contributed by atoms with E-state index in [-0.39, 0.29) is 17.6 Å². The molecule has 1 aliphatic heterocycles. The van der Waals surface area contributed by atoms with Crippen LogP contribution in [0.1, 0.15) is 54.7 Å². The molecule has 4 aromatic rings. The first-order valence-electron chi connectivity index (χ1n) is 11.9. The van der Waals surface area contributed by atoms with Gasteiger partial charge < -0.3 is 0 Å². The number of rotatable bonds is 6. The van der Waals surface area contributed by atoms with Crippen LogP contribution in [0.5, 0.6) is 0 Å². The lowest BCUT2D eigenvalue weighted by atomic mass is 9.96. The Morgan fingerprint density at radius 1 is 0.735 bits per heavy atom. The molecular weight excluding hydrogens is 440 g/mol. The van der Waals surface area contributed by atoms with Gasteiger partial charge in [-0.25, -0.2) is 4.68 Å². The third-order valence-electron chi connectivity index (χ3n) is 6.50. The van der Waals surface area contributed by atoms with Gasteiger partial charge in [0.1, 0.15) is 6.04 Å². The average molecular weight is 473 g/mol. The van der Waals surface area contributed by atoms with E-state index in [1.54, 1.807) is 11.3 Å². The molecule has 0 N–H and O–H groups in total. The highest BCUT2D eigenvalue weighted by atomic mass is 32.1. The number of hydrogen-bond donors (Lipinski definition) is 0. The van der Waals surface area contributed by atoms with E-state index in [1.165, 1.54) is 16.0 Å². The van der Waals surface area contributed by atoms with Crippen molar-refractivity contribution in [2.24, 2.45) is 0 Å². The maximum Gasteiger partial charge on any atom is 0.174 e. The Bertz CT molecular complexity index is 1120. The predicted molar refractivity (Wildman–Crippen MR) is 137 cm³/mol. The molecule has 0 amide bonds. The molecule has 2 aromatic carbocycles. The van der Waals surface area contributed by atoms with Crippen LogP contribution < -0.4 is 0 Å². The van der Waals surface area contributed by atoms with E-state index in [0.29, 0.717) is 0 Å². The molecule has 6 nitrogen and oxygen atoms in total. The van der Waals surface area contributed by atoms with Crippen LogP contribution in [0, 0.1) is 0 Å². The van der Waals surface area contributed by atoms with Crippen molar-refractivity contribution in [3.8, 4) is 0 Å². The molecule has 7 heteroatoms. The lowest BCUT2D eigenvalue weighted by Crippen LogP contribution is -2.49. The number of benzene rings is 2. The first-order chi connectivity index (χ1) is 16.5. The summed E-state index contributed by atoms with van der Waals surface area (Å²) < 4.78 is 1.99. The minimum absolute atomic E-state index is 0.0586. The molecule has 176 valence electrons. The van der Waals surface area contributed by atoms with Crippen LogP contribution in [0.2, 0.25) is 0 Å². The first kappa shape index (κ1) is 22.9. The second-order valence-electron chi connectivity index (χ2n) is 9.83. The van der Waals surface area contributed by atoms with Gasteiger partial charge in [-0.05, 0) is 53.8 Å². The molecule has 0 spiro atoms. The van der Waals surface area contributed by atoms with E-state index in [1.807, 2.05) is 4.68 Å². The Morgan fingerprint density at radius 2 is 1.29 bits per heavy atom. The maximum absolute atomic E-state index is 4.52. The molecule has 0 bridgehead atoms. The van der Waals surface area contributed by atoms with Crippen LogP contribution in [0.25, 0.3) is 0 Å². The van der Waals surface area contributed by atoms with Gasteiger partial charge in [-0.3, -0.25) is 9.80 Å². The molecule has 1 atom stereocenters. The number of nitrogens with zero attached hydrogens (tertiary/aromatic N) is 6. The van der Waals surface area contributed by atoms with E-state index in [2.05, 4.69) is 124 Å². The Labute approximate surface area is 205 Å². The Balaban J connectivity index is 1.42. The molecule has 0 unspecified atom stereocenters. The van der Waals surface area contributed by atoms with Gasteiger partial charge in [0.2, 0.25) is 0 Å². The van der Waals surface area contributed by atoms with Gasteiger partial charge in [0, 0.05) is 31.1 Å². The van der Waals surface area contributed by atoms with Crippen molar-refractivity contribution in [1.82, 2.24) is 30.0 Å². The van der Waals surface area contributed by atoms with Crippen molar-refractivity contribution in [2.75, 3.05) is 26.2 Å². The molecule has 2 aromatic heterocycles. The van der Waals surface area contributed by atoms with Crippen molar-refractivity contribution in [3.05, 3.63) is 100 Å². The zero-order valence-corrected chi connectivity index (χ0v) is 20.9. The van der Waals surface area contributed by atoms with Crippen molar-refractivity contribution in [2.45, 2.75) is 38.4 Å². The molecule has 3 heterocycles. The van der Waals surface area contributed by atoms with E-state index < -0.39 is 0 Å². The average Bonchev–Trinajstić information content (AvgIpc) is 3.55. The van der Waals surface area contributed by atoms with Crippen molar-refractivity contribution in [1.29, 1.82) is 0 Å². The fraction of sp³-hybridized carbons (Fsp3) is 0.370. The zero-order valence-electron chi connectivity index (χ0n) is 20.1. The van der Waals surface area contributed by atoms with Crippen molar-refractivity contribution >= 4 is 11.3 Å². The molecule has 5 rings (SSSR count). The smallest absolute Gasteiger partial charge is 0.174 e. The summed E-state index contributed by atoms with van der Waals surface area (Å²) in [5.74, 6) is 0.922.